The number of nitrogens with one attached hydrogen (secondary N) is 2. The molecule has 5 nitrogen and oxygen atoms in total. The molecule has 1 heterocycles. The van der Waals surface area contributed by atoms with E-state index in [0.717, 1.165) is 70.8 Å². The Labute approximate surface area is 158 Å². The molecular weight excluding hydrogens is 403 g/mol. The van der Waals surface area contributed by atoms with Crippen molar-refractivity contribution >= 4 is 29.9 Å². The topological polar surface area (TPSA) is 59.9 Å². The number of aliphatic hydroxyl groups is 1. The minimum absolute atomic E-state index is 0. The van der Waals surface area contributed by atoms with Gasteiger partial charge in [-0.25, -0.2) is 0 Å². The molecule has 0 aromatic rings. The number of hydrogen-bond acceptors (Lipinski definition) is 3. The van der Waals surface area contributed by atoms with Crippen LogP contribution < -0.4 is 10.6 Å². The molecule has 2 unspecified atom stereocenters. The predicted molar refractivity (Wildman–Crippen MR) is 108 cm³/mol. The van der Waals surface area contributed by atoms with Crippen LogP contribution in [-0.2, 0) is 0 Å². The van der Waals surface area contributed by atoms with E-state index in [9.17, 15) is 5.11 Å². The fourth-order valence-corrected chi connectivity index (χ4v) is 3.39. The van der Waals surface area contributed by atoms with Crippen molar-refractivity contribution in [1.82, 2.24) is 15.5 Å². The molecule has 23 heavy (non-hydrogen) atoms. The smallest absolute Gasteiger partial charge is 0.191 e. The lowest BCUT2D eigenvalue weighted by atomic mass is 10.1. The maximum atomic E-state index is 9.91. The Hall–Kier alpha value is -0.340. The molecule has 0 bridgehead atoms. The van der Waals surface area contributed by atoms with E-state index in [1.807, 2.05) is 6.08 Å². The SMILES string of the molecule is C=CCN1CCC(NC(=NCC2CCCC2O)NCC)CC1.I. The number of aliphatic imine (C=N–C) groups is 1. The molecule has 1 saturated carbocycles. The average molecular weight is 436 g/mol. The van der Waals surface area contributed by atoms with E-state index < -0.39 is 0 Å². The Morgan fingerprint density at radius 3 is 2.61 bits per heavy atom. The van der Waals surface area contributed by atoms with Crippen LogP contribution in [0.1, 0.15) is 39.0 Å². The van der Waals surface area contributed by atoms with Crippen LogP contribution in [0.4, 0.5) is 0 Å². The van der Waals surface area contributed by atoms with Crippen molar-refractivity contribution < 1.29 is 5.11 Å². The molecule has 2 rings (SSSR count). The molecular formula is C17H33IN4O. The summed E-state index contributed by atoms with van der Waals surface area (Å²) in [4.78, 5) is 7.13. The molecule has 0 aromatic carbocycles. The van der Waals surface area contributed by atoms with Crippen molar-refractivity contribution in [2.24, 2.45) is 10.9 Å². The summed E-state index contributed by atoms with van der Waals surface area (Å²) in [6, 6.07) is 0.493. The normalized spacial score (nSPS) is 26.6. The number of nitrogens with zero attached hydrogens (tertiary/aromatic N) is 2. The summed E-state index contributed by atoms with van der Waals surface area (Å²) in [7, 11) is 0. The zero-order valence-corrected chi connectivity index (χ0v) is 16.7. The number of likely N-dealkylation sites (tertiary alicyclic amines) is 1. The first-order valence-corrected chi connectivity index (χ1v) is 8.79. The molecule has 2 atom stereocenters. The molecule has 1 saturated heterocycles. The van der Waals surface area contributed by atoms with Gasteiger partial charge in [0.25, 0.3) is 0 Å². The number of halogens is 1. The molecule has 0 aromatic heterocycles. The molecule has 1 aliphatic heterocycles. The fourth-order valence-electron chi connectivity index (χ4n) is 3.39. The van der Waals surface area contributed by atoms with Crippen LogP contribution in [0, 0.1) is 5.92 Å². The predicted octanol–water partition coefficient (Wildman–Crippen LogP) is 1.97. The Morgan fingerprint density at radius 2 is 2.04 bits per heavy atom. The van der Waals surface area contributed by atoms with Gasteiger partial charge in [-0.1, -0.05) is 12.5 Å². The lowest BCUT2D eigenvalue weighted by Crippen LogP contribution is -2.48. The van der Waals surface area contributed by atoms with Crippen molar-refractivity contribution in [3.8, 4) is 0 Å². The van der Waals surface area contributed by atoms with Crippen LogP contribution in [0.5, 0.6) is 0 Å². The maximum absolute atomic E-state index is 9.91. The van der Waals surface area contributed by atoms with E-state index in [2.05, 4.69) is 29.0 Å². The van der Waals surface area contributed by atoms with Crippen LogP contribution >= 0.6 is 24.0 Å². The minimum atomic E-state index is -0.159. The number of rotatable bonds is 6. The lowest BCUT2D eigenvalue weighted by molar-refractivity contribution is 0.136. The summed E-state index contributed by atoms with van der Waals surface area (Å²) < 4.78 is 0. The van der Waals surface area contributed by atoms with Gasteiger partial charge in [-0.2, -0.15) is 0 Å². The molecule has 6 heteroatoms. The quantitative estimate of drug-likeness (QED) is 0.258. The fraction of sp³-hybridized carbons (Fsp3) is 0.824. The van der Waals surface area contributed by atoms with Gasteiger partial charge in [0.15, 0.2) is 5.96 Å². The van der Waals surface area contributed by atoms with Crippen LogP contribution in [0.2, 0.25) is 0 Å². The zero-order chi connectivity index (χ0) is 15.8. The molecule has 134 valence electrons. The monoisotopic (exact) mass is 436 g/mol. The first kappa shape index (κ1) is 20.7. The van der Waals surface area contributed by atoms with Crippen LogP contribution in [0.3, 0.4) is 0 Å². The Balaban J connectivity index is 0.00000264. The van der Waals surface area contributed by atoms with Crippen molar-refractivity contribution in [3.63, 3.8) is 0 Å². The third-order valence-corrected chi connectivity index (χ3v) is 4.76. The van der Waals surface area contributed by atoms with Gasteiger partial charge >= 0.3 is 0 Å². The highest BCUT2D eigenvalue weighted by Gasteiger charge is 2.25. The summed E-state index contributed by atoms with van der Waals surface area (Å²) in [5.41, 5.74) is 0. The van der Waals surface area contributed by atoms with Crippen molar-refractivity contribution in [2.45, 2.75) is 51.2 Å². The molecule has 2 fully saturated rings. The number of guanidine groups is 1. The second-order valence-corrected chi connectivity index (χ2v) is 6.49. The van der Waals surface area contributed by atoms with E-state index in [0.29, 0.717) is 12.0 Å². The molecule has 0 spiro atoms. The summed E-state index contributed by atoms with van der Waals surface area (Å²) in [6.45, 7) is 10.7. The van der Waals surface area contributed by atoms with E-state index in [4.69, 9.17) is 4.99 Å². The van der Waals surface area contributed by atoms with Crippen LogP contribution in [-0.4, -0.2) is 60.8 Å². The van der Waals surface area contributed by atoms with E-state index in [1.165, 1.54) is 0 Å². The van der Waals surface area contributed by atoms with E-state index in [-0.39, 0.29) is 30.1 Å². The van der Waals surface area contributed by atoms with Gasteiger partial charge < -0.3 is 15.7 Å². The maximum Gasteiger partial charge on any atom is 0.191 e. The highest BCUT2D eigenvalue weighted by Crippen LogP contribution is 2.25. The zero-order valence-electron chi connectivity index (χ0n) is 14.3. The first-order chi connectivity index (χ1) is 10.7. The second kappa shape index (κ2) is 11.3. The first-order valence-electron chi connectivity index (χ1n) is 8.79. The summed E-state index contributed by atoms with van der Waals surface area (Å²) in [5, 5.41) is 16.8. The molecule has 0 amide bonds. The minimum Gasteiger partial charge on any atom is -0.393 e. The van der Waals surface area contributed by atoms with Crippen molar-refractivity contribution in [2.75, 3.05) is 32.7 Å². The highest BCUT2D eigenvalue weighted by molar-refractivity contribution is 14.0. The lowest BCUT2D eigenvalue weighted by Gasteiger charge is -2.32. The van der Waals surface area contributed by atoms with Gasteiger partial charge in [0, 0.05) is 44.7 Å². The number of hydrogen-bond donors (Lipinski definition) is 3. The van der Waals surface area contributed by atoms with Gasteiger partial charge in [-0.15, -0.1) is 30.6 Å². The van der Waals surface area contributed by atoms with E-state index >= 15 is 0 Å². The van der Waals surface area contributed by atoms with Gasteiger partial charge in [-0.05, 0) is 32.6 Å². The third-order valence-electron chi connectivity index (χ3n) is 4.76. The Morgan fingerprint density at radius 1 is 1.30 bits per heavy atom. The van der Waals surface area contributed by atoms with Gasteiger partial charge in [-0.3, -0.25) is 9.89 Å². The Bertz CT molecular complexity index is 370. The highest BCUT2D eigenvalue weighted by atomic mass is 127. The largest absolute Gasteiger partial charge is 0.393 e. The number of aliphatic hydroxyl groups excluding tert-OH is 1. The second-order valence-electron chi connectivity index (χ2n) is 6.49. The van der Waals surface area contributed by atoms with E-state index in [1.54, 1.807) is 0 Å². The van der Waals surface area contributed by atoms with Crippen molar-refractivity contribution in [3.05, 3.63) is 12.7 Å². The van der Waals surface area contributed by atoms with Gasteiger partial charge in [0.05, 0.1) is 6.10 Å². The molecule has 0 radical (unpaired) electrons. The summed E-state index contributed by atoms with van der Waals surface area (Å²) in [6.07, 6.45) is 7.28. The number of piperidine rings is 1. The average Bonchev–Trinajstić information content (AvgIpc) is 2.92. The van der Waals surface area contributed by atoms with Gasteiger partial charge in [0.1, 0.15) is 0 Å². The molecule has 2 aliphatic rings. The third kappa shape index (κ3) is 6.97. The van der Waals surface area contributed by atoms with Crippen LogP contribution in [0.15, 0.2) is 17.6 Å². The van der Waals surface area contributed by atoms with Crippen LogP contribution in [0.25, 0.3) is 0 Å². The van der Waals surface area contributed by atoms with Crippen molar-refractivity contribution in [1.29, 1.82) is 0 Å². The summed E-state index contributed by atoms with van der Waals surface area (Å²) in [5.74, 6) is 1.24. The summed E-state index contributed by atoms with van der Waals surface area (Å²) >= 11 is 0. The molecule has 1 aliphatic carbocycles. The van der Waals surface area contributed by atoms with Gasteiger partial charge in [0.2, 0.25) is 0 Å². The standard InChI is InChI=1S/C17H32N4O.HI/c1-3-10-21-11-8-15(9-12-21)20-17(18-4-2)19-13-14-6-5-7-16(14)22;/h3,14-16,22H,1,4-13H2,2H3,(H2,18,19,20);1H. The Kier molecular flexibility index (Phi) is 10.1. The molecule has 3 N–H and O–H groups in total.